The van der Waals surface area contributed by atoms with Crippen LogP contribution in [0.15, 0.2) is 53.0 Å². The molecule has 0 radical (unpaired) electrons. The van der Waals surface area contributed by atoms with Gasteiger partial charge in [0.2, 0.25) is 0 Å². The highest BCUT2D eigenvalue weighted by Gasteiger charge is 2.06. The van der Waals surface area contributed by atoms with Crippen molar-refractivity contribution in [3.8, 4) is 0 Å². The number of halogens is 2. The molecule has 2 rings (SSSR count). The van der Waals surface area contributed by atoms with Gasteiger partial charge in [0, 0.05) is 15.7 Å². The van der Waals surface area contributed by atoms with Crippen molar-refractivity contribution in [2.75, 3.05) is 5.32 Å². The Hall–Kier alpha value is -1.32. The van der Waals surface area contributed by atoms with Gasteiger partial charge in [0.25, 0.3) is 5.91 Å². The molecule has 0 aliphatic heterocycles. The Morgan fingerprint density at radius 1 is 1.12 bits per heavy atom. The smallest absolute Gasteiger partial charge is 0.255 e. The third kappa shape index (κ3) is 3.08. The van der Waals surface area contributed by atoms with Crippen molar-refractivity contribution >= 4 is 39.1 Å². The Labute approximate surface area is 113 Å². The van der Waals surface area contributed by atoms with Gasteiger partial charge in [0.1, 0.15) is 0 Å². The number of anilines is 1. The summed E-state index contributed by atoms with van der Waals surface area (Å²) in [6.45, 7) is 0. The zero-order valence-corrected chi connectivity index (χ0v) is 11.1. The molecule has 0 bridgehead atoms. The van der Waals surface area contributed by atoms with Gasteiger partial charge in [-0.05, 0) is 46.3 Å². The summed E-state index contributed by atoms with van der Waals surface area (Å²) in [5, 5.41) is 3.35. The summed E-state index contributed by atoms with van der Waals surface area (Å²) >= 11 is 9.24. The minimum atomic E-state index is -0.149. The van der Waals surface area contributed by atoms with Crippen molar-refractivity contribution in [1.82, 2.24) is 0 Å². The highest BCUT2D eigenvalue weighted by molar-refractivity contribution is 9.10. The van der Waals surface area contributed by atoms with E-state index in [4.69, 9.17) is 11.6 Å². The average molecular weight is 311 g/mol. The molecular weight excluding hydrogens is 302 g/mol. The molecule has 86 valence electrons. The van der Waals surface area contributed by atoms with Crippen LogP contribution >= 0.6 is 27.5 Å². The van der Waals surface area contributed by atoms with Crippen molar-refractivity contribution in [2.45, 2.75) is 0 Å². The fraction of sp³-hybridized carbons (Fsp3) is 0. The van der Waals surface area contributed by atoms with Gasteiger partial charge < -0.3 is 5.32 Å². The highest BCUT2D eigenvalue weighted by atomic mass is 79.9. The topological polar surface area (TPSA) is 29.1 Å². The fourth-order valence-electron chi connectivity index (χ4n) is 1.37. The molecule has 1 N–H and O–H groups in total. The van der Waals surface area contributed by atoms with Gasteiger partial charge >= 0.3 is 0 Å². The van der Waals surface area contributed by atoms with E-state index in [9.17, 15) is 4.79 Å². The summed E-state index contributed by atoms with van der Waals surface area (Å²) in [5.74, 6) is -0.149. The monoisotopic (exact) mass is 309 g/mol. The summed E-state index contributed by atoms with van der Waals surface area (Å²) in [6.07, 6.45) is 0. The van der Waals surface area contributed by atoms with Gasteiger partial charge in [-0.3, -0.25) is 4.79 Å². The van der Waals surface area contributed by atoms with Crippen LogP contribution in [0.2, 0.25) is 5.02 Å². The predicted octanol–water partition coefficient (Wildman–Crippen LogP) is 4.35. The lowest BCUT2D eigenvalue weighted by molar-refractivity contribution is 0.102. The number of hydrogen-bond acceptors (Lipinski definition) is 1. The molecule has 4 heteroatoms. The maximum absolute atomic E-state index is 11.8. The van der Waals surface area contributed by atoms with Crippen LogP contribution in [0.25, 0.3) is 0 Å². The largest absolute Gasteiger partial charge is 0.322 e. The first-order valence-corrected chi connectivity index (χ1v) is 6.15. The summed E-state index contributed by atoms with van der Waals surface area (Å²) in [7, 11) is 0. The summed E-state index contributed by atoms with van der Waals surface area (Å²) in [6, 6.07) is 14.3. The summed E-state index contributed by atoms with van der Waals surface area (Å²) in [4.78, 5) is 11.8. The van der Waals surface area contributed by atoms with E-state index in [-0.39, 0.29) is 5.91 Å². The molecule has 17 heavy (non-hydrogen) atoms. The van der Waals surface area contributed by atoms with Gasteiger partial charge in [-0.1, -0.05) is 29.8 Å². The van der Waals surface area contributed by atoms with Crippen molar-refractivity contribution < 1.29 is 4.79 Å². The van der Waals surface area contributed by atoms with E-state index in [2.05, 4.69) is 21.2 Å². The maximum Gasteiger partial charge on any atom is 0.255 e. The van der Waals surface area contributed by atoms with Crippen molar-refractivity contribution in [3.63, 3.8) is 0 Å². The quantitative estimate of drug-likeness (QED) is 0.877. The van der Waals surface area contributed by atoms with E-state index in [1.54, 1.807) is 30.3 Å². The van der Waals surface area contributed by atoms with E-state index in [1.165, 1.54) is 0 Å². The molecule has 2 aromatic carbocycles. The number of carbonyl (C=O) groups excluding carboxylic acids is 1. The molecule has 2 aromatic rings. The minimum absolute atomic E-state index is 0.149. The molecule has 0 saturated carbocycles. The Morgan fingerprint density at radius 2 is 1.82 bits per heavy atom. The van der Waals surface area contributed by atoms with Crippen LogP contribution in [0.4, 0.5) is 5.69 Å². The maximum atomic E-state index is 11.8. The van der Waals surface area contributed by atoms with Crippen LogP contribution in [0.3, 0.4) is 0 Å². The zero-order valence-electron chi connectivity index (χ0n) is 8.78. The Balaban J connectivity index is 2.16. The van der Waals surface area contributed by atoms with Crippen LogP contribution in [0.5, 0.6) is 0 Å². The third-order valence-corrected chi connectivity index (χ3v) is 3.45. The molecule has 0 atom stereocenters. The zero-order chi connectivity index (χ0) is 12.3. The number of nitrogens with one attached hydrogen (secondary N) is 1. The van der Waals surface area contributed by atoms with Gasteiger partial charge in [0.05, 0.1) is 5.02 Å². The molecule has 1 amide bonds. The normalized spacial score (nSPS) is 10.0. The first-order valence-electron chi connectivity index (χ1n) is 4.98. The first kappa shape index (κ1) is 12.1. The Bertz CT molecular complexity index is 542. The molecular formula is C13H9BrClNO. The van der Waals surface area contributed by atoms with E-state index in [1.807, 2.05) is 18.2 Å². The molecule has 0 saturated heterocycles. The number of hydrogen-bond donors (Lipinski definition) is 1. The highest BCUT2D eigenvalue weighted by Crippen LogP contribution is 2.25. The van der Waals surface area contributed by atoms with Crippen LogP contribution in [0.1, 0.15) is 10.4 Å². The first-order chi connectivity index (χ1) is 8.16. The lowest BCUT2D eigenvalue weighted by Gasteiger charge is -2.06. The molecule has 0 unspecified atom stereocenters. The Kier molecular flexibility index (Phi) is 3.82. The van der Waals surface area contributed by atoms with Crippen LogP contribution < -0.4 is 5.32 Å². The van der Waals surface area contributed by atoms with E-state index in [0.717, 1.165) is 4.47 Å². The van der Waals surface area contributed by atoms with Crippen LogP contribution in [-0.4, -0.2) is 5.91 Å². The molecule has 0 aliphatic carbocycles. The van der Waals surface area contributed by atoms with E-state index >= 15 is 0 Å². The van der Waals surface area contributed by atoms with E-state index in [0.29, 0.717) is 16.3 Å². The van der Waals surface area contributed by atoms with Crippen molar-refractivity contribution in [1.29, 1.82) is 0 Å². The number of benzene rings is 2. The second-order valence-corrected chi connectivity index (χ2v) is 4.71. The lowest BCUT2D eigenvalue weighted by atomic mass is 10.2. The van der Waals surface area contributed by atoms with Gasteiger partial charge in [0.15, 0.2) is 0 Å². The molecule has 0 spiro atoms. The van der Waals surface area contributed by atoms with Crippen molar-refractivity contribution in [3.05, 3.63) is 63.6 Å². The predicted molar refractivity (Wildman–Crippen MR) is 73.5 cm³/mol. The number of amides is 1. The van der Waals surface area contributed by atoms with Gasteiger partial charge in [-0.2, -0.15) is 0 Å². The lowest BCUT2D eigenvalue weighted by Crippen LogP contribution is -2.11. The second-order valence-electron chi connectivity index (χ2n) is 3.45. The average Bonchev–Trinajstić information content (AvgIpc) is 2.35. The molecule has 0 fully saturated rings. The molecule has 0 aliphatic rings. The van der Waals surface area contributed by atoms with Crippen LogP contribution in [0, 0.1) is 0 Å². The molecule has 0 aromatic heterocycles. The standard InChI is InChI=1S/C13H9BrClNO/c14-11-7-6-10(8-12(11)15)16-13(17)9-4-2-1-3-5-9/h1-8H,(H,16,17). The second kappa shape index (κ2) is 5.34. The van der Waals surface area contributed by atoms with Gasteiger partial charge in [-0.15, -0.1) is 0 Å². The van der Waals surface area contributed by atoms with Gasteiger partial charge in [-0.25, -0.2) is 0 Å². The minimum Gasteiger partial charge on any atom is -0.322 e. The third-order valence-electron chi connectivity index (χ3n) is 2.21. The number of rotatable bonds is 2. The summed E-state index contributed by atoms with van der Waals surface area (Å²) in [5.41, 5.74) is 1.29. The Morgan fingerprint density at radius 3 is 2.47 bits per heavy atom. The van der Waals surface area contributed by atoms with Crippen LogP contribution in [-0.2, 0) is 0 Å². The SMILES string of the molecule is O=C(Nc1ccc(Br)c(Cl)c1)c1ccccc1. The fourth-order valence-corrected chi connectivity index (χ4v) is 1.79. The summed E-state index contributed by atoms with van der Waals surface area (Å²) < 4.78 is 0.803. The number of carbonyl (C=O) groups is 1. The van der Waals surface area contributed by atoms with E-state index < -0.39 is 0 Å². The van der Waals surface area contributed by atoms with Crippen molar-refractivity contribution in [2.24, 2.45) is 0 Å². The molecule has 2 nitrogen and oxygen atoms in total. The molecule has 0 heterocycles.